The summed E-state index contributed by atoms with van der Waals surface area (Å²) in [5.41, 5.74) is 4.90. The molecule has 8 heteroatoms. The van der Waals surface area contributed by atoms with Gasteiger partial charge in [-0.1, -0.05) is 0 Å². The van der Waals surface area contributed by atoms with Crippen LogP contribution in [0.3, 0.4) is 0 Å². The van der Waals surface area contributed by atoms with Crippen molar-refractivity contribution in [1.29, 1.82) is 0 Å². The van der Waals surface area contributed by atoms with E-state index in [1.54, 1.807) is 24.3 Å². The molecule has 0 aliphatic rings. The minimum atomic E-state index is -0.978. The molecule has 2 N–H and O–H groups in total. The van der Waals surface area contributed by atoms with Crippen molar-refractivity contribution >= 4 is 23.6 Å². The number of carbonyl (C=O) groups is 2. The van der Waals surface area contributed by atoms with Crippen molar-refractivity contribution in [3.63, 3.8) is 0 Å². The van der Waals surface area contributed by atoms with Crippen molar-refractivity contribution in [3.05, 3.63) is 59.7 Å². The van der Waals surface area contributed by atoms with Crippen LogP contribution in [0.4, 0.5) is 8.78 Å². The fraction of sp³-hybridized carbons (Fsp3) is 0.176. The summed E-state index contributed by atoms with van der Waals surface area (Å²) in [5.74, 6) is -2.30. The maximum Gasteiger partial charge on any atom is 0.269 e. The van der Waals surface area contributed by atoms with Gasteiger partial charge in [-0.3, -0.25) is 20.4 Å². The molecule has 0 aliphatic heterocycles. The van der Waals surface area contributed by atoms with Gasteiger partial charge in [0, 0.05) is 10.5 Å². The topological polar surface area (TPSA) is 67.4 Å². The molecule has 5 nitrogen and oxygen atoms in total. The van der Waals surface area contributed by atoms with Gasteiger partial charge in [0.15, 0.2) is 11.6 Å². The summed E-state index contributed by atoms with van der Waals surface area (Å²) >= 11 is 1.02. The lowest BCUT2D eigenvalue weighted by molar-refractivity contribution is -0.119. The molecule has 0 heterocycles. The average molecular weight is 366 g/mol. The smallest absolute Gasteiger partial charge is 0.269 e. The Morgan fingerprint density at radius 2 is 1.76 bits per heavy atom. The van der Waals surface area contributed by atoms with Crippen LogP contribution < -0.4 is 15.6 Å². The van der Waals surface area contributed by atoms with Crippen LogP contribution in [0.2, 0.25) is 0 Å². The molecule has 0 aliphatic carbocycles. The van der Waals surface area contributed by atoms with Gasteiger partial charge < -0.3 is 4.74 Å². The molecule has 0 unspecified atom stereocenters. The van der Waals surface area contributed by atoms with Crippen LogP contribution in [-0.4, -0.2) is 24.2 Å². The van der Waals surface area contributed by atoms with Gasteiger partial charge in [0.25, 0.3) is 5.91 Å². The quantitative estimate of drug-likeness (QED) is 0.609. The first-order chi connectivity index (χ1) is 12.0. The Morgan fingerprint density at radius 1 is 1.04 bits per heavy atom. The second kappa shape index (κ2) is 9.03. The molecule has 0 fully saturated rings. The first-order valence-corrected chi connectivity index (χ1v) is 8.38. The van der Waals surface area contributed by atoms with Crippen molar-refractivity contribution in [2.75, 3.05) is 12.4 Å². The van der Waals surface area contributed by atoms with E-state index in [4.69, 9.17) is 4.74 Å². The van der Waals surface area contributed by atoms with Gasteiger partial charge in [-0.05, 0) is 49.4 Å². The van der Waals surface area contributed by atoms with E-state index in [1.807, 2.05) is 6.92 Å². The van der Waals surface area contributed by atoms with E-state index in [2.05, 4.69) is 10.9 Å². The van der Waals surface area contributed by atoms with Crippen LogP contribution in [0.15, 0.2) is 47.4 Å². The summed E-state index contributed by atoms with van der Waals surface area (Å²) in [6.45, 7) is 2.38. The lowest BCUT2D eigenvalue weighted by Crippen LogP contribution is -2.42. The predicted octanol–water partition coefficient (Wildman–Crippen LogP) is 2.92. The van der Waals surface area contributed by atoms with E-state index < -0.39 is 23.4 Å². The molecule has 2 amide bonds. The molecule has 0 atom stereocenters. The summed E-state index contributed by atoms with van der Waals surface area (Å²) in [4.78, 5) is 24.0. The molecule has 0 aromatic heterocycles. The molecule has 0 saturated carbocycles. The Labute approximate surface area is 147 Å². The highest BCUT2D eigenvalue weighted by Crippen LogP contribution is 2.20. The first kappa shape index (κ1) is 18.7. The third-order valence-electron chi connectivity index (χ3n) is 3.00. The van der Waals surface area contributed by atoms with Gasteiger partial charge in [0.1, 0.15) is 5.75 Å². The highest BCUT2D eigenvalue weighted by Gasteiger charge is 2.09. The van der Waals surface area contributed by atoms with Crippen LogP contribution in [0.5, 0.6) is 5.75 Å². The zero-order chi connectivity index (χ0) is 18.2. The van der Waals surface area contributed by atoms with E-state index in [0.717, 1.165) is 23.9 Å². The third-order valence-corrected chi connectivity index (χ3v) is 4.00. The van der Waals surface area contributed by atoms with Gasteiger partial charge in [-0.15, -0.1) is 11.8 Å². The highest BCUT2D eigenvalue weighted by molar-refractivity contribution is 8.00. The summed E-state index contributed by atoms with van der Waals surface area (Å²) in [7, 11) is 0. The molecular weight excluding hydrogens is 350 g/mol. The van der Waals surface area contributed by atoms with Gasteiger partial charge in [-0.2, -0.15) is 0 Å². The normalized spacial score (nSPS) is 10.2. The Kier molecular flexibility index (Phi) is 6.76. The molecule has 0 spiro atoms. The minimum Gasteiger partial charge on any atom is -0.494 e. The zero-order valence-electron chi connectivity index (χ0n) is 13.3. The standard InChI is InChI=1S/C17H16F2N2O3S/c1-2-24-12-5-3-11(4-6-12)17(23)21-20-16(22)10-25-13-7-8-14(18)15(19)9-13/h3-9H,2,10H2,1H3,(H,20,22)(H,21,23). The van der Waals surface area contributed by atoms with E-state index in [9.17, 15) is 18.4 Å². The molecular formula is C17H16F2N2O3S. The van der Waals surface area contributed by atoms with Gasteiger partial charge in [0.2, 0.25) is 5.91 Å². The lowest BCUT2D eigenvalue weighted by Gasteiger charge is -2.08. The summed E-state index contributed by atoms with van der Waals surface area (Å²) in [6, 6.07) is 9.81. The number of rotatable bonds is 6. The molecule has 0 saturated heterocycles. The Hall–Kier alpha value is -2.61. The Balaban J connectivity index is 1.78. The summed E-state index contributed by atoms with van der Waals surface area (Å²) in [5, 5.41) is 0. The average Bonchev–Trinajstić information content (AvgIpc) is 2.61. The Bertz CT molecular complexity index is 754. The molecule has 2 rings (SSSR count). The second-order valence-electron chi connectivity index (χ2n) is 4.82. The lowest BCUT2D eigenvalue weighted by atomic mass is 10.2. The molecule has 2 aromatic carbocycles. The number of benzene rings is 2. The van der Waals surface area contributed by atoms with Gasteiger partial charge >= 0.3 is 0 Å². The number of hydrogen-bond donors (Lipinski definition) is 2. The van der Waals surface area contributed by atoms with E-state index >= 15 is 0 Å². The number of hydrogen-bond acceptors (Lipinski definition) is 4. The number of carbonyl (C=O) groups excluding carboxylic acids is 2. The minimum absolute atomic E-state index is 0.0609. The maximum atomic E-state index is 13.1. The summed E-state index contributed by atoms with van der Waals surface area (Å²) < 4.78 is 31.2. The fourth-order valence-electron chi connectivity index (χ4n) is 1.82. The molecule has 0 radical (unpaired) electrons. The molecule has 0 bridgehead atoms. The SMILES string of the molecule is CCOc1ccc(C(=O)NNC(=O)CSc2ccc(F)c(F)c2)cc1. The number of amides is 2. The molecule has 2 aromatic rings. The maximum absolute atomic E-state index is 13.1. The van der Waals surface area contributed by atoms with Crippen LogP contribution >= 0.6 is 11.8 Å². The van der Waals surface area contributed by atoms with E-state index in [0.29, 0.717) is 22.8 Å². The summed E-state index contributed by atoms with van der Waals surface area (Å²) in [6.07, 6.45) is 0. The van der Waals surface area contributed by atoms with Crippen molar-refractivity contribution in [2.45, 2.75) is 11.8 Å². The van der Waals surface area contributed by atoms with Crippen LogP contribution in [0.1, 0.15) is 17.3 Å². The first-order valence-electron chi connectivity index (χ1n) is 7.39. The van der Waals surface area contributed by atoms with E-state index in [1.165, 1.54) is 6.07 Å². The van der Waals surface area contributed by atoms with Crippen molar-refractivity contribution in [1.82, 2.24) is 10.9 Å². The highest BCUT2D eigenvalue weighted by atomic mass is 32.2. The van der Waals surface area contributed by atoms with E-state index in [-0.39, 0.29) is 5.75 Å². The number of nitrogens with one attached hydrogen (secondary N) is 2. The zero-order valence-corrected chi connectivity index (χ0v) is 14.2. The molecule has 132 valence electrons. The van der Waals surface area contributed by atoms with Crippen molar-refractivity contribution in [3.8, 4) is 5.75 Å². The third kappa shape index (κ3) is 5.75. The number of ether oxygens (including phenoxy) is 1. The van der Waals surface area contributed by atoms with Crippen LogP contribution in [0, 0.1) is 11.6 Å². The molecule has 25 heavy (non-hydrogen) atoms. The predicted molar refractivity (Wildman–Crippen MR) is 90.3 cm³/mol. The monoisotopic (exact) mass is 366 g/mol. The number of halogens is 2. The van der Waals surface area contributed by atoms with Gasteiger partial charge in [0.05, 0.1) is 12.4 Å². The van der Waals surface area contributed by atoms with Crippen LogP contribution in [0.25, 0.3) is 0 Å². The second-order valence-corrected chi connectivity index (χ2v) is 5.87. The van der Waals surface area contributed by atoms with Crippen LogP contribution in [-0.2, 0) is 4.79 Å². The van der Waals surface area contributed by atoms with Gasteiger partial charge in [-0.25, -0.2) is 8.78 Å². The van der Waals surface area contributed by atoms with Crippen molar-refractivity contribution < 1.29 is 23.1 Å². The fourth-order valence-corrected chi connectivity index (χ4v) is 2.54. The Morgan fingerprint density at radius 3 is 2.40 bits per heavy atom. The number of hydrazine groups is 1. The number of thioether (sulfide) groups is 1. The largest absolute Gasteiger partial charge is 0.494 e. The van der Waals surface area contributed by atoms with Crippen molar-refractivity contribution in [2.24, 2.45) is 0 Å².